The van der Waals surface area contributed by atoms with Gasteiger partial charge in [0.25, 0.3) is 0 Å². The van der Waals surface area contributed by atoms with Crippen molar-refractivity contribution in [1.82, 2.24) is 9.97 Å². The lowest BCUT2D eigenvalue weighted by molar-refractivity contribution is 0.620. The Labute approximate surface area is 119 Å². The van der Waals surface area contributed by atoms with E-state index in [1.807, 2.05) is 13.8 Å². The molecule has 1 aromatic carbocycles. The van der Waals surface area contributed by atoms with Gasteiger partial charge in [-0.2, -0.15) is 0 Å². The molecule has 0 atom stereocenters. The van der Waals surface area contributed by atoms with Crippen LogP contribution in [0.15, 0.2) is 29.0 Å². The maximum atomic E-state index is 13.4. The zero-order valence-electron chi connectivity index (χ0n) is 10.7. The van der Waals surface area contributed by atoms with Crippen molar-refractivity contribution in [3.05, 3.63) is 40.4 Å². The third kappa shape index (κ3) is 3.41. The number of hydrogen-bond acceptors (Lipinski definition) is 4. The molecule has 0 unspecified atom stereocenters. The van der Waals surface area contributed by atoms with Gasteiger partial charge in [-0.15, -0.1) is 0 Å². The van der Waals surface area contributed by atoms with Gasteiger partial charge in [-0.1, -0.05) is 0 Å². The number of nitrogens with zero attached hydrogens (tertiary/aromatic N) is 2. The van der Waals surface area contributed by atoms with Crippen LogP contribution < -0.4 is 10.6 Å². The fraction of sp³-hybridized carbons (Fsp3) is 0.231. The van der Waals surface area contributed by atoms with Gasteiger partial charge in [0.1, 0.15) is 11.6 Å². The van der Waals surface area contributed by atoms with E-state index in [1.54, 1.807) is 18.5 Å². The zero-order valence-corrected chi connectivity index (χ0v) is 12.3. The molecule has 2 aromatic rings. The Morgan fingerprint density at radius 2 is 2.00 bits per heavy atom. The largest absolute Gasteiger partial charge is 0.369 e. The second-order valence-electron chi connectivity index (χ2n) is 4.03. The molecule has 0 saturated carbocycles. The molecule has 4 nitrogen and oxygen atoms in total. The molecule has 0 aliphatic heterocycles. The summed E-state index contributed by atoms with van der Waals surface area (Å²) in [5.74, 6) is 1.03. The van der Waals surface area contributed by atoms with Gasteiger partial charge in [-0.05, 0) is 47.5 Å². The van der Waals surface area contributed by atoms with E-state index in [4.69, 9.17) is 0 Å². The highest BCUT2D eigenvalue weighted by Gasteiger charge is 2.06. The van der Waals surface area contributed by atoms with E-state index in [2.05, 4.69) is 36.5 Å². The maximum Gasteiger partial charge on any atom is 0.151 e. The summed E-state index contributed by atoms with van der Waals surface area (Å²) >= 11 is 3.17. The van der Waals surface area contributed by atoms with Crippen LogP contribution in [0.2, 0.25) is 0 Å². The van der Waals surface area contributed by atoms with Crippen molar-refractivity contribution in [2.24, 2.45) is 0 Å². The summed E-state index contributed by atoms with van der Waals surface area (Å²) in [5.41, 5.74) is 1.59. The van der Waals surface area contributed by atoms with Gasteiger partial charge < -0.3 is 10.6 Å². The van der Waals surface area contributed by atoms with Crippen molar-refractivity contribution < 1.29 is 4.39 Å². The van der Waals surface area contributed by atoms with Crippen LogP contribution in [-0.4, -0.2) is 16.5 Å². The van der Waals surface area contributed by atoms with Crippen molar-refractivity contribution in [2.45, 2.75) is 13.8 Å². The van der Waals surface area contributed by atoms with Crippen LogP contribution in [-0.2, 0) is 0 Å². The van der Waals surface area contributed by atoms with Gasteiger partial charge in [0.2, 0.25) is 0 Å². The fourth-order valence-corrected chi connectivity index (χ4v) is 1.95. The minimum atomic E-state index is -0.282. The van der Waals surface area contributed by atoms with E-state index in [-0.39, 0.29) is 5.82 Å². The van der Waals surface area contributed by atoms with E-state index < -0.39 is 0 Å². The van der Waals surface area contributed by atoms with Gasteiger partial charge in [-0.25, -0.2) is 9.37 Å². The normalized spacial score (nSPS) is 10.3. The van der Waals surface area contributed by atoms with Crippen LogP contribution >= 0.6 is 15.9 Å². The molecule has 0 aliphatic carbocycles. The van der Waals surface area contributed by atoms with Crippen LogP contribution in [0.1, 0.15) is 12.5 Å². The van der Waals surface area contributed by atoms with Crippen molar-refractivity contribution in [1.29, 1.82) is 0 Å². The second-order valence-corrected chi connectivity index (χ2v) is 4.88. The summed E-state index contributed by atoms with van der Waals surface area (Å²) in [6, 6.07) is 3.15. The Kier molecular flexibility index (Phi) is 4.31. The molecule has 0 radical (unpaired) electrons. The number of hydrogen-bond donors (Lipinski definition) is 2. The number of nitrogens with one attached hydrogen (secondary N) is 2. The monoisotopic (exact) mass is 324 g/mol. The Morgan fingerprint density at radius 3 is 2.74 bits per heavy atom. The number of benzene rings is 1. The van der Waals surface area contributed by atoms with Gasteiger partial charge in [0.05, 0.1) is 16.9 Å². The lowest BCUT2D eigenvalue weighted by Crippen LogP contribution is -2.03. The Balaban J connectivity index is 2.25. The highest BCUT2D eigenvalue weighted by atomic mass is 79.9. The average molecular weight is 325 g/mol. The highest BCUT2D eigenvalue weighted by molar-refractivity contribution is 9.10. The van der Waals surface area contributed by atoms with Crippen molar-refractivity contribution in [3.63, 3.8) is 0 Å². The standard InChI is InChI=1S/C13H14BrFN4/c1-3-17-12-6-16-7-13(19-12)18-11-5-9(14)10(15)4-8(11)2/h4-7H,3H2,1-2H3,(H2,17,18,19). The van der Waals surface area contributed by atoms with Crippen molar-refractivity contribution in [2.75, 3.05) is 17.2 Å². The maximum absolute atomic E-state index is 13.4. The van der Waals surface area contributed by atoms with E-state index in [9.17, 15) is 4.39 Å². The molecule has 1 aromatic heterocycles. The van der Waals surface area contributed by atoms with Crippen LogP contribution in [0.25, 0.3) is 0 Å². The molecule has 2 rings (SSSR count). The number of anilines is 3. The molecule has 0 saturated heterocycles. The molecular formula is C13H14BrFN4. The lowest BCUT2D eigenvalue weighted by Gasteiger charge is -2.11. The highest BCUT2D eigenvalue weighted by Crippen LogP contribution is 2.26. The summed E-state index contributed by atoms with van der Waals surface area (Å²) in [5, 5.41) is 6.21. The van der Waals surface area contributed by atoms with Crippen LogP contribution in [0.5, 0.6) is 0 Å². The molecule has 100 valence electrons. The van der Waals surface area contributed by atoms with E-state index in [1.165, 1.54) is 6.07 Å². The summed E-state index contributed by atoms with van der Waals surface area (Å²) in [6.07, 6.45) is 3.28. The molecule has 1 heterocycles. The van der Waals surface area contributed by atoms with Crippen molar-refractivity contribution >= 4 is 33.3 Å². The van der Waals surface area contributed by atoms with Crippen LogP contribution in [0.4, 0.5) is 21.7 Å². The summed E-state index contributed by atoms with van der Waals surface area (Å²) in [6.45, 7) is 4.60. The van der Waals surface area contributed by atoms with Crippen LogP contribution in [0, 0.1) is 12.7 Å². The third-order valence-corrected chi connectivity index (χ3v) is 3.13. The van der Waals surface area contributed by atoms with Gasteiger partial charge in [-0.3, -0.25) is 4.98 Å². The minimum absolute atomic E-state index is 0.282. The third-order valence-electron chi connectivity index (χ3n) is 2.52. The van der Waals surface area contributed by atoms with E-state index in [0.717, 1.165) is 17.8 Å². The van der Waals surface area contributed by atoms with Gasteiger partial charge >= 0.3 is 0 Å². The molecule has 0 bridgehead atoms. The smallest absolute Gasteiger partial charge is 0.151 e. The number of aryl methyl sites for hydroxylation is 1. The number of rotatable bonds is 4. The molecule has 19 heavy (non-hydrogen) atoms. The fourth-order valence-electron chi connectivity index (χ4n) is 1.61. The summed E-state index contributed by atoms with van der Waals surface area (Å²) < 4.78 is 13.8. The minimum Gasteiger partial charge on any atom is -0.369 e. The SMILES string of the molecule is CCNc1cncc(Nc2cc(Br)c(F)cc2C)n1. The topological polar surface area (TPSA) is 49.8 Å². The van der Waals surface area contributed by atoms with Crippen molar-refractivity contribution in [3.8, 4) is 0 Å². The van der Waals surface area contributed by atoms with Gasteiger partial charge in [0, 0.05) is 12.2 Å². The Hall–Kier alpha value is -1.69. The summed E-state index contributed by atoms with van der Waals surface area (Å²) in [4.78, 5) is 8.45. The molecule has 0 amide bonds. The molecule has 0 spiro atoms. The molecule has 0 aliphatic rings. The first kappa shape index (κ1) is 13.7. The van der Waals surface area contributed by atoms with Crippen LogP contribution in [0.3, 0.4) is 0 Å². The first-order chi connectivity index (χ1) is 9.10. The lowest BCUT2D eigenvalue weighted by atomic mass is 10.2. The molecule has 0 fully saturated rings. The predicted molar refractivity (Wildman–Crippen MR) is 78.3 cm³/mol. The summed E-state index contributed by atoms with van der Waals surface area (Å²) in [7, 11) is 0. The number of halogens is 2. The zero-order chi connectivity index (χ0) is 13.8. The molecular weight excluding hydrogens is 311 g/mol. The quantitative estimate of drug-likeness (QED) is 0.896. The first-order valence-electron chi connectivity index (χ1n) is 5.88. The molecule has 2 N–H and O–H groups in total. The second kappa shape index (κ2) is 5.97. The predicted octanol–water partition coefficient (Wildman–Crippen LogP) is 3.86. The number of aromatic nitrogens is 2. The van der Waals surface area contributed by atoms with E-state index in [0.29, 0.717) is 16.1 Å². The Bertz CT molecular complexity index is 589. The van der Waals surface area contributed by atoms with Gasteiger partial charge in [0.15, 0.2) is 5.82 Å². The van der Waals surface area contributed by atoms with E-state index >= 15 is 0 Å². The Morgan fingerprint density at radius 1 is 1.26 bits per heavy atom. The first-order valence-corrected chi connectivity index (χ1v) is 6.68. The molecule has 6 heteroatoms. The average Bonchev–Trinajstić information content (AvgIpc) is 2.37.